The fourth-order valence-corrected chi connectivity index (χ4v) is 2.64. The Morgan fingerprint density at radius 3 is 2.36 bits per heavy atom. The van der Waals surface area contributed by atoms with Crippen LogP contribution >= 0.6 is 0 Å². The first-order chi connectivity index (χ1) is 13.5. The lowest BCUT2D eigenvalue weighted by atomic mass is 10.1. The van der Waals surface area contributed by atoms with Crippen LogP contribution in [0.1, 0.15) is 21.6 Å². The van der Waals surface area contributed by atoms with E-state index in [0.29, 0.717) is 17.3 Å². The van der Waals surface area contributed by atoms with Gasteiger partial charge in [0.25, 0.3) is 5.91 Å². The van der Waals surface area contributed by atoms with Gasteiger partial charge in [0.1, 0.15) is 0 Å². The standard InChI is InChI=1S/C21H22N4O3/c1-13-5-6-14(2)17(11-13)23-21(26)16-8-10-20(25-24-16)22-15-7-9-18(27-3)19(12-15)28-4/h5-12H,1-4H3,(H,22,25)(H,23,26). The number of aryl methyl sites for hydroxylation is 2. The van der Waals surface area contributed by atoms with Gasteiger partial charge in [-0.05, 0) is 55.3 Å². The van der Waals surface area contributed by atoms with E-state index in [0.717, 1.165) is 22.5 Å². The van der Waals surface area contributed by atoms with Crippen LogP contribution in [0, 0.1) is 13.8 Å². The second-order valence-corrected chi connectivity index (χ2v) is 6.27. The molecule has 0 fully saturated rings. The molecule has 0 spiro atoms. The minimum atomic E-state index is -0.307. The summed E-state index contributed by atoms with van der Waals surface area (Å²) in [5, 5.41) is 14.1. The van der Waals surface area contributed by atoms with Crippen molar-refractivity contribution in [2.45, 2.75) is 13.8 Å². The van der Waals surface area contributed by atoms with Crippen LogP contribution in [-0.2, 0) is 0 Å². The summed E-state index contributed by atoms with van der Waals surface area (Å²) in [4.78, 5) is 12.4. The summed E-state index contributed by atoms with van der Waals surface area (Å²) in [5.74, 6) is 1.44. The number of carbonyl (C=O) groups is 1. The van der Waals surface area contributed by atoms with Crippen molar-refractivity contribution < 1.29 is 14.3 Å². The first-order valence-corrected chi connectivity index (χ1v) is 8.71. The SMILES string of the molecule is COc1ccc(Nc2ccc(C(=O)Nc3cc(C)ccc3C)nn2)cc1OC. The fraction of sp³-hybridized carbons (Fsp3) is 0.190. The molecule has 0 radical (unpaired) electrons. The van der Waals surface area contributed by atoms with Crippen molar-refractivity contribution in [3.8, 4) is 11.5 Å². The zero-order chi connectivity index (χ0) is 20.1. The quantitative estimate of drug-likeness (QED) is 0.671. The number of methoxy groups -OCH3 is 2. The smallest absolute Gasteiger partial charge is 0.276 e. The summed E-state index contributed by atoms with van der Waals surface area (Å²) in [6, 6.07) is 14.6. The van der Waals surface area contributed by atoms with Gasteiger partial charge in [0.2, 0.25) is 0 Å². The zero-order valence-electron chi connectivity index (χ0n) is 16.2. The molecule has 2 aromatic carbocycles. The van der Waals surface area contributed by atoms with Gasteiger partial charge < -0.3 is 20.1 Å². The molecule has 1 heterocycles. The van der Waals surface area contributed by atoms with Crippen molar-refractivity contribution in [3.05, 3.63) is 65.4 Å². The number of ether oxygens (including phenoxy) is 2. The number of amides is 1. The summed E-state index contributed by atoms with van der Waals surface area (Å²) in [5.41, 5.74) is 3.82. The lowest BCUT2D eigenvalue weighted by Crippen LogP contribution is -2.15. The van der Waals surface area contributed by atoms with Gasteiger partial charge in [-0.15, -0.1) is 10.2 Å². The predicted molar refractivity (Wildman–Crippen MR) is 109 cm³/mol. The van der Waals surface area contributed by atoms with Crippen molar-refractivity contribution in [1.82, 2.24) is 10.2 Å². The molecular weight excluding hydrogens is 356 g/mol. The molecule has 144 valence electrons. The monoisotopic (exact) mass is 378 g/mol. The Labute approximate surface area is 163 Å². The molecule has 0 atom stereocenters. The van der Waals surface area contributed by atoms with Crippen LogP contribution in [-0.4, -0.2) is 30.3 Å². The number of carbonyl (C=O) groups excluding carboxylic acids is 1. The first kappa shape index (κ1) is 19.2. The maximum absolute atomic E-state index is 12.4. The Morgan fingerprint density at radius 1 is 0.893 bits per heavy atom. The molecule has 0 unspecified atom stereocenters. The molecule has 1 amide bonds. The molecule has 7 heteroatoms. The van der Waals surface area contributed by atoms with E-state index >= 15 is 0 Å². The molecule has 2 N–H and O–H groups in total. The molecule has 1 aromatic heterocycles. The van der Waals surface area contributed by atoms with Crippen LogP contribution in [0.4, 0.5) is 17.2 Å². The number of anilines is 3. The van der Waals surface area contributed by atoms with Gasteiger partial charge in [-0.25, -0.2) is 0 Å². The molecular formula is C21H22N4O3. The number of nitrogens with zero attached hydrogens (tertiary/aromatic N) is 2. The Bertz CT molecular complexity index is 987. The van der Waals surface area contributed by atoms with Crippen molar-refractivity contribution >= 4 is 23.1 Å². The first-order valence-electron chi connectivity index (χ1n) is 8.71. The van der Waals surface area contributed by atoms with Gasteiger partial charge in [-0.1, -0.05) is 12.1 Å². The van der Waals surface area contributed by atoms with Gasteiger partial charge in [-0.2, -0.15) is 0 Å². The van der Waals surface area contributed by atoms with E-state index in [-0.39, 0.29) is 11.6 Å². The predicted octanol–water partition coefficient (Wildman–Crippen LogP) is 4.11. The minimum absolute atomic E-state index is 0.235. The van der Waals surface area contributed by atoms with Crippen LogP contribution < -0.4 is 20.1 Å². The molecule has 0 aliphatic rings. The largest absolute Gasteiger partial charge is 0.493 e. The number of nitrogens with one attached hydrogen (secondary N) is 2. The number of benzene rings is 2. The average Bonchev–Trinajstić information content (AvgIpc) is 2.71. The molecule has 0 saturated heterocycles. The van der Waals surface area contributed by atoms with E-state index in [1.807, 2.05) is 38.1 Å². The van der Waals surface area contributed by atoms with E-state index < -0.39 is 0 Å². The minimum Gasteiger partial charge on any atom is -0.493 e. The van der Waals surface area contributed by atoms with Crippen LogP contribution in [0.5, 0.6) is 11.5 Å². The van der Waals surface area contributed by atoms with E-state index in [4.69, 9.17) is 9.47 Å². The van der Waals surface area contributed by atoms with Gasteiger partial charge in [0.05, 0.1) is 14.2 Å². The van der Waals surface area contributed by atoms with Gasteiger partial charge in [0.15, 0.2) is 23.0 Å². The Hall–Kier alpha value is -3.61. The normalized spacial score (nSPS) is 10.3. The molecule has 0 saturated carbocycles. The lowest BCUT2D eigenvalue weighted by molar-refractivity contribution is 0.102. The highest BCUT2D eigenvalue weighted by Gasteiger charge is 2.11. The van der Waals surface area contributed by atoms with Crippen LogP contribution in [0.3, 0.4) is 0 Å². The molecule has 3 aromatic rings. The highest BCUT2D eigenvalue weighted by molar-refractivity contribution is 6.03. The van der Waals surface area contributed by atoms with Crippen molar-refractivity contribution in [2.24, 2.45) is 0 Å². The van der Waals surface area contributed by atoms with Crippen LogP contribution in [0.2, 0.25) is 0 Å². The average molecular weight is 378 g/mol. The number of hydrogen-bond donors (Lipinski definition) is 2. The highest BCUT2D eigenvalue weighted by Crippen LogP contribution is 2.30. The molecule has 7 nitrogen and oxygen atoms in total. The highest BCUT2D eigenvalue weighted by atomic mass is 16.5. The summed E-state index contributed by atoms with van der Waals surface area (Å²) in [7, 11) is 3.16. The maximum atomic E-state index is 12.4. The van der Waals surface area contributed by atoms with Crippen molar-refractivity contribution in [2.75, 3.05) is 24.9 Å². The molecule has 0 bridgehead atoms. The molecule has 3 rings (SSSR count). The Balaban J connectivity index is 1.71. The third-order valence-corrected chi connectivity index (χ3v) is 4.19. The third-order valence-electron chi connectivity index (χ3n) is 4.19. The summed E-state index contributed by atoms with van der Waals surface area (Å²) in [6.45, 7) is 3.92. The lowest BCUT2D eigenvalue weighted by Gasteiger charge is -2.11. The Kier molecular flexibility index (Phi) is 5.74. The second-order valence-electron chi connectivity index (χ2n) is 6.27. The van der Waals surface area contributed by atoms with Crippen LogP contribution in [0.25, 0.3) is 0 Å². The van der Waals surface area contributed by atoms with E-state index in [1.165, 1.54) is 0 Å². The summed E-state index contributed by atoms with van der Waals surface area (Å²) in [6.07, 6.45) is 0. The van der Waals surface area contributed by atoms with Crippen LogP contribution in [0.15, 0.2) is 48.5 Å². The van der Waals surface area contributed by atoms with Gasteiger partial charge in [0, 0.05) is 17.4 Å². The zero-order valence-corrected chi connectivity index (χ0v) is 16.2. The maximum Gasteiger partial charge on any atom is 0.276 e. The van der Waals surface area contributed by atoms with Crippen molar-refractivity contribution in [3.63, 3.8) is 0 Å². The summed E-state index contributed by atoms with van der Waals surface area (Å²) >= 11 is 0. The third kappa shape index (κ3) is 4.37. The fourth-order valence-electron chi connectivity index (χ4n) is 2.64. The van der Waals surface area contributed by atoms with E-state index in [1.54, 1.807) is 38.5 Å². The molecule has 0 aliphatic heterocycles. The summed E-state index contributed by atoms with van der Waals surface area (Å²) < 4.78 is 10.5. The number of rotatable bonds is 6. The van der Waals surface area contributed by atoms with Gasteiger partial charge in [-0.3, -0.25) is 4.79 Å². The van der Waals surface area contributed by atoms with Gasteiger partial charge >= 0.3 is 0 Å². The van der Waals surface area contributed by atoms with Crippen molar-refractivity contribution in [1.29, 1.82) is 0 Å². The van der Waals surface area contributed by atoms with E-state index in [9.17, 15) is 4.79 Å². The Morgan fingerprint density at radius 2 is 1.68 bits per heavy atom. The second kappa shape index (κ2) is 8.39. The number of aromatic nitrogens is 2. The molecule has 0 aliphatic carbocycles. The van der Waals surface area contributed by atoms with E-state index in [2.05, 4.69) is 20.8 Å². The molecule has 28 heavy (non-hydrogen) atoms. The topological polar surface area (TPSA) is 85.4 Å². The number of hydrogen-bond acceptors (Lipinski definition) is 6.